The highest BCUT2D eigenvalue weighted by atomic mass is 32.1. The fraction of sp³-hybridized carbons (Fsp3) is 0.0833. The number of hydrogen-bond acceptors (Lipinski definition) is 7. The van der Waals surface area contributed by atoms with Gasteiger partial charge in [0.15, 0.2) is 10.1 Å². The van der Waals surface area contributed by atoms with Gasteiger partial charge in [-0.05, 0) is 17.3 Å². The molecule has 1 aromatic carbocycles. The zero-order chi connectivity index (χ0) is 15.2. The van der Waals surface area contributed by atoms with Crippen molar-refractivity contribution in [1.82, 2.24) is 10.3 Å². The quantitative estimate of drug-likeness (QED) is 0.843. The fourth-order valence-corrected chi connectivity index (χ4v) is 2.01. The normalized spacial score (nSPS) is 9.76. The molecule has 0 fully saturated rings. The van der Waals surface area contributed by atoms with E-state index in [9.17, 15) is 14.5 Å². The molecule has 1 aromatic heterocycles. The first-order valence-corrected chi connectivity index (χ1v) is 6.55. The summed E-state index contributed by atoms with van der Waals surface area (Å²) in [5.74, 6) is -0.402. The number of anilines is 1. The van der Waals surface area contributed by atoms with Crippen LogP contribution in [0.3, 0.4) is 0 Å². The van der Waals surface area contributed by atoms with E-state index in [2.05, 4.69) is 20.8 Å². The number of ether oxygens (including phenoxy) is 1. The van der Waals surface area contributed by atoms with Gasteiger partial charge in [0.2, 0.25) is 0 Å². The molecular formula is C12H10N4O4S. The Morgan fingerprint density at radius 3 is 2.76 bits per heavy atom. The van der Waals surface area contributed by atoms with Crippen molar-refractivity contribution in [2.24, 2.45) is 5.18 Å². The molecule has 2 amide bonds. The molecule has 0 aliphatic rings. The summed E-state index contributed by atoms with van der Waals surface area (Å²) in [6, 6.07) is 6.25. The summed E-state index contributed by atoms with van der Waals surface area (Å²) < 4.78 is 4.98. The lowest BCUT2D eigenvalue weighted by Gasteiger charge is -2.08. The molecule has 0 unspecified atom stereocenters. The Morgan fingerprint density at radius 2 is 2.10 bits per heavy atom. The first-order chi connectivity index (χ1) is 10.1. The van der Waals surface area contributed by atoms with E-state index < -0.39 is 12.0 Å². The van der Waals surface area contributed by atoms with Gasteiger partial charge in [-0.25, -0.2) is 9.78 Å². The summed E-state index contributed by atoms with van der Waals surface area (Å²) >= 11 is 0.938. The maximum atomic E-state index is 12.1. The number of rotatable bonds is 4. The zero-order valence-corrected chi connectivity index (χ0v) is 11.6. The van der Waals surface area contributed by atoms with E-state index in [4.69, 9.17) is 4.74 Å². The summed E-state index contributed by atoms with van der Waals surface area (Å²) in [5.41, 5.74) is 0.164. The second-order valence-corrected chi connectivity index (χ2v) is 4.69. The van der Waals surface area contributed by atoms with Crippen LogP contribution in [0.5, 0.6) is 5.75 Å². The van der Waals surface area contributed by atoms with Crippen molar-refractivity contribution in [3.05, 3.63) is 40.9 Å². The number of thiazole rings is 1. The van der Waals surface area contributed by atoms with Crippen LogP contribution in [-0.2, 0) is 0 Å². The molecule has 0 saturated carbocycles. The minimum Gasteiger partial charge on any atom is -0.410 e. The number of nitrogens with one attached hydrogen (secondary N) is 2. The highest BCUT2D eigenvalue weighted by molar-refractivity contribution is 7.19. The van der Waals surface area contributed by atoms with Crippen LogP contribution in [0.4, 0.5) is 14.9 Å². The highest BCUT2D eigenvalue weighted by Crippen LogP contribution is 2.27. The molecule has 0 bridgehead atoms. The molecule has 108 valence electrons. The maximum absolute atomic E-state index is 12.1. The maximum Gasteiger partial charge on any atom is 0.412 e. The van der Waals surface area contributed by atoms with Gasteiger partial charge in [0, 0.05) is 7.05 Å². The van der Waals surface area contributed by atoms with E-state index in [0.717, 1.165) is 11.3 Å². The van der Waals surface area contributed by atoms with Crippen molar-refractivity contribution in [2.45, 2.75) is 0 Å². The lowest BCUT2D eigenvalue weighted by molar-refractivity contribution is 0.102. The van der Waals surface area contributed by atoms with E-state index in [1.807, 2.05) is 0 Å². The third-order valence-corrected chi connectivity index (χ3v) is 3.13. The van der Waals surface area contributed by atoms with Crippen LogP contribution < -0.4 is 15.4 Å². The van der Waals surface area contributed by atoms with E-state index in [-0.39, 0.29) is 21.4 Å². The van der Waals surface area contributed by atoms with Crippen LogP contribution in [0.1, 0.15) is 10.4 Å². The largest absolute Gasteiger partial charge is 0.412 e. The highest BCUT2D eigenvalue weighted by Gasteiger charge is 2.16. The Kier molecular flexibility index (Phi) is 4.57. The molecule has 21 heavy (non-hydrogen) atoms. The second-order valence-electron chi connectivity index (χ2n) is 3.68. The van der Waals surface area contributed by atoms with Gasteiger partial charge in [0.25, 0.3) is 5.91 Å². The number of hydrogen-bond donors (Lipinski definition) is 2. The number of amides is 2. The van der Waals surface area contributed by atoms with Crippen LogP contribution in [0.15, 0.2) is 35.6 Å². The number of para-hydroxylation sites is 1. The number of nitrogens with zero attached hydrogens (tertiary/aromatic N) is 2. The first kappa shape index (κ1) is 14.6. The number of benzene rings is 1. The van der Waals surface area contributed by atoms with Crippen molar-refractivity contribution in [1.29, 1.82) is 0 Å². The van der Waals surface area contributed by atoms with Crippen molar-refractivity contribution < 1.29 is 14.3 Å². The molecule has 8 nitrogen and oxygen atoms in total. The van der Waals surface area contributed by atoms with Crippen molar-refractivity contribution in [3.8, 4) is 5.75 Å². The number of aromatic nitrogens is 1. The van der Waals surface area contributed by atoms with Gasteiger partial charge in [0.1, 0.15) is 5.75 Å². The van der Waals surface area contributed by atoms with E-state index >= 15 is 0 Å². The number of carbonyl (C=O) groups excluding carboxylic acids is 2. The second kappa shape index (κ2) is 6.57. The molecule has 0 atom stereocenters. The topological polar surface area (TPSA) is 110 Å². The summed E-state index contributed by atoms with van der Waals surface area (Å²) in [6.07, 6.45) is 0.567. The zero-order valence-electron chi connectivity index (χ0n) is 10.8. The monoisotopic (exact) mass is 306 g/mol. The average molecular weight is 306 g/mol. The van der Waals surface area contributed by atoms with Gasteiger partial charge in [-0.3, -0.25) is 10.1 Å². The number of nitroso groups, excluding NO2 is 1. The molecule has 2 N–H and O–H groups in total. The predicted molar refractivity (Wildman–Crippen MR) is 77.0 cm³/mol. The summed E-state index contributed by atoms with van der Waals surface area (Å²) in [5, 5.41) is 7.89. The van der Waals surface area contributed by atoms with E-state index in [0.29, 0.717) is 0 Å². The molecule has 0 saturated heterocycles. The fourth-order valence-electron chi connectivity index (χ4n) is 1.42. The Hall–Kier alpha value is -2.81. The molecule has 2 aromatic rings. The minimum absolute atomic E-state index is 0.111. The Balaban J connectivity index is 2.18. The van der Waals surface area contributed by atoms with E-state index in [1.54, 1.807) is 12.1 Å². The molecule has 1 heterocycles. The van der Waals surface area contributed by atoms with E-state index in [1.165, 1.54) is 25.4 Å². The Labute approximate surface area is 123 Å². The van der Waals surface area contributed by atoms with Crippen LogP contribution in [0.2, 0.25) is 0 Å². The Morgan fingerprint density at radius 1 is 1.33 bits per heavy atom. The van der Waals surface area contributed by atoms with Gasteiger partial charge >= 0.3 is 6.09 Å². The predicted octanol–water partition coefficient (Wildman–Crippen LogP) is 2.51. The number of carbonyl (C=O) groups is 2. The summed E-state index contributed by atoms with van der Waals surface area (Å²) in [4.78, 5) is 37.5. The van der Waals surface area contributed by atoms with Gasteiger partial charge < -0.3 is 10.1 Å². The summed E-state index contributed by atoms with van der Waals surface area (Å²) in [7, 11) is 1.41. The van der Waals surface area contributed by atoms with Gasteiger partial charge in [0.05, 0.1) is 11.8 Å². The van der Waals surface area contributed by atoms with Crippen LogP contribution in [0, 0.1) is 4.91 Å². The third kappa shape index (κ3) is 3.60. The van der Waals surface area contributed by atoms with Gasteiger partial charge in [-0.2, -0.15) is 0 Å². The lowest BCUT2D eigenvalue weighted by atomic mass is 10.2. The minimum atomic E-state index is -0.683. The third-order valence-electron chi connectivity index (χ3n) is 2.34. The molecule has 0 aliphatic heterocycles. The standard InChI is InChI=1S/C12H10N4O4S/c1-13-12(18)20-8-5-3-2-4-7(8)10(17)15-11-14-6-9(16-19)21-11/h2-6H,1H3,(H,13,18)(H,14,15,17). The van der Waals surface area contributed by atoms with Crippen LogP contribution in [-0.4, -0.2) is 24.0 Å². The molecule has 9 heteroatoms. The summed E-state index contributed by atoms with van der Waals surface area (Å²) in [6.45, 7) is 0. The molecule has 0 radical (unpaired) electrons. The van der Waals surface area contributed by atoms with Crippen molar-refractivity contribution >= 4 is 33.5 Å². The van der Waals surface area contributed by atoms with Crippen LogP contribution in [0.25, 0.3) is 0 Å². The smallest absolute Gasteiger partial charge is 0.410 e. The SMILES string of the molecule is CNC(=O)Oc1ccccc1C(=O)Nc1ncc(N=O)s1. The Bertz CT molecular complexity index is 685. The average Bonchev–Trinajstić information content (AvgIpc) is 2.95. The van der Waals surface area contributed by atoms with Crippen LogP contribution >= 0.6 is 11.3 Å². The van der Waals surface area contributed by atoms with Crippen molar-refractivity contribution in [3.63, 3.8) is 0 Å². The molecule has 0 spiro atoms. The molecular weight excluding hydrogens is 296 g/mol. The van der Waals surface area contributed by atoms with Gasteiger partial charge in [-0.1, -0.05) is 23.5 Å². The molecule has 2 rings (SSSR count). The van der Waals surface area contributed by atoms with Crippen molar-refractivity contribution in [2.75, 3.05) is 12.4 Å². The van der Waals surface area contributed by atoms with Gasteiger partial charge in [-0.15, -0.1) is 4.91 Å². The first-order valence-electron chi connectivity index (χ1n) is 5.73. The molecule has 0 aliphatic carbocycles. The lowest BCUT2D eigenvalue weighted by Crippen LogP contribution is -2.23.